The van der Waals surface area contributed by atoms with E-state index in [4.69, 9.17) is 0 Å². The van der Waals surface area contributed by atoms with Crippen molar-refractivity contribution in [1.82, 2.24) is 4.98 Å². The minimum Gasteiger partial charge on any atom is -0.255 e. The molecule has 0 saturated carbocycles. The Hall–Kier alpha value is -0.810. The molecule has 1 aromatic rings. The predicted octanol–water partition coefficient (Wildman–Crippen LogP) is 2.25. The van der Waals surface area contributed by atoms with Gasteiger partial charge in [0.2, 0.25) is 0 Å². The van der Waals surface area contributed by atoms with Crippen molar-refractivity contribution in [2.24, 2.45) is 10.2 Å². The van der Waals surface area contributed by atoms with Gasteiger partial charge in [-0.3, -0.25) is 4.98 Å². The summed E-state index contributed by atoms with van der Waals surface area (Å²) in [5, 5.41) is 8.25. The zero-order valence-corrected chi connectivity index (χ0v) is 9.31. The van der Waals surface area contributed by atoms with Gasteiger partial charge in [-0.1, -0.05) is 17.8 Å². The fourth-order valence-corrected chi connectivity index (χ4v) is 2.38. The Kier molecular flexibility index (Phi) is 3.21. The van der Waals surface area contributed by atoms with E-state index in [0.717, 1.165) is 21.5 Å². The molecular formula is C9H9N3S2. The Morgan fingerprint density at radius 1 is 1.36 bits per heavy atom. The SMILES string of the molecule is CSC1=NN=C(c2ccccn2)CS1. The van der Waals surface area contributed by atoms with Gasteiger partial charge in [-0.15, -0.1) is 16.9 Å². The average Bonchev–Trinajstić information content (AvgIpc) is 2.30. The predicted molar refractivity (Wildman–Crippen MR) is 64.2 cm³/mol. The molecule has 1 aromatic heterocycles. The molecule has 1 aliphatic heterocycles. The lowest BCUT2D eigenvalue weighted by molar-refractivity contribution is 1.21. The van der Waals surface area contributed by atoms with Crippen molar-refractivity contribution in [3.8, 4) is 0 Å². The summed E-state index contributed by atoms with van der Waals surface area (Å²) >= 11 is 3.34. The minimum atomic E-state index is 0.858. The maximum atomic E-state index is 4.23. The van der Waals surface area contributed by atoms with Crippen molar-refractivity contribution < 1.29 is 0 Å². The molecule has 0 aliphatic carbocycles. The van der Waals surface area contributed by atoms with Gasteiger partial charge in [0.05, 0.1) is 11.4 Å². The van der Waals surface area contributed by atoms with Crippen molar-refractivity contribution in [3.63, 3.8) is 0 Å². The summed E-state index contributed by atoms with van der Waals surface area (Å²) in [4.78, 5) is 4.23. The quantitative estimate of drug-likeness (QED) is 0.733. The van der Waals surface area contributed by atoms with Crippen molar-refractivity contribution in [1.29, 1.82) is 0 Å². The Balaban J connectivity index is 2.22. The third-order valence-electron chi connectivity index (χ3n) is 1.72. The average molecular weight is 223 g/mol. The van der Waals surface area contributed by atoms with Crippen molar-refractivity contribution in [3.05, 3.63) is 30.1 Å². The van der Waals surface area contributed by atoms with Gasteiger partial charge in [0, 0.05) is 11.9 Å². The standard InChI is InChI=1S/C9H9N3S2/c1-13-9-12-11-8(6-14-9)7-4-2-3-5-10-7/h2-5H,6H2,1H3. The molecule has 2 heterocycles. The van der Waals surface area contributed by atoms with Gasteiger partial charge in [-0.25, -0.2) is 0 Å². The fourth-order valence-electron chi connectivity index (χ4n) is 1.05. The molecule has 14 heavy (non-hydrogen) atoms. The number of hydrogen-bond acceptors (Lipinski definition) is 5. The second-order valence-corrected chi connectivity index (χ2v) is 4.64. The number of rotatable bonds is 1. The van der Waals surface area contributed by atoms with Crippen LogP contribution in [0.4, 0.5) is 0 Å². The lowest BCUT2D eigenvalue weighted by Crippen LogP contribution is -2.10. The van der Waals surface area contributed by atoms with E-state index in [1.165, 1.54) is 0 Å². The molecule has 0 N–H and O–H groups in total. The third-order valence-corrected chi connectivity index (χ3v) is 3.75. The molecule has 0 spiro atoms. The van der Waals surface area contributed by atoms with Crippen LogP contribution in [-0.4, -0.2) is 27.1 Å². The maximum absolute atomic E-state index is 4.23. The Labute approximate surface area is 91.1 Å². The van der Waals surface area contributed by atoms with Gasteiger partial charge in [0.25, 0.3) is 0 Å². The Morgan fingerprint density at radius 3 is 2.86 bits per heavy atom. The normalized spacial score (nSPS) is 16.1. The molecule has 0 atom stereocenters. The molecule has 0 bridgehead atoms. The molecule has 0 saturated heterocycles. The summed E-state index contributed by atoms with van der Waals surface area (Å²) in [6.45, 7) is 0. The van der Waals surface area contributed by atoms with E-state index in [0.29, 0.717) is 0 Å². The maximum Gasteiger partial charge on any atom is 0.152 e. The van der Waals surface area contributed by atoms with Gasteiger partial charge >= 0.3 is 0 Å². The van der Waals surface area contributed by atoms with Gasteiger partial charge in [-0.2, -0.15) is 5.10 Å². The summed E-state index contributed by atoms with van der Waals surface area (Å²) in [6, 6.07) is 5.82. The van der Waals surface area contributed by atoms with E-state index in [9.17, 15) is 0 Å². The van der Waals surface area contributed by atoms with Crippen LogP contribution in [0.3, 0.4) is 0 Å². The molecule has 5 heteroatoms. The van der Waals surface area contributed by atoms with Crippen LogP contribution >= 0.6 is 23.5 Å². The highest BCUT2D eigenvalue weighted by Gasteiger charge is 2.11. The van der Waals surface area contributed by atoms with Crippen LogP contribution in [-0.2, 0) is 0 Å². The summed E-state index contributed by atoms with van der Waals surface area (Å²) in [7, 11) is 0. The first-order chi connectivity index (χ1) is 6.90. The first kappa shape index (κ1) is 9.73. The van der Waals surface area contributed by atoms with E-state index in [-0.39, 0.29) is 0 Å². The van der Waals surface area contributed by atoms with Crippen LogP contribution < -0.4 is 0 Å². The van der Waals surface area contributed by atoms with Gasteiger partial charge in [0.1, 0.15) is 0 Å². The summed E-state index contributed by atoms with van der Waals surface area (Å²) < 4.78 is 1.02. The number of hydrogen-bond donors (Lipinski definition) is 0. The van der Waals surface area contributed by atoms with Crippen LogP contribution in [0.15, 0.2) is 34.6 Å². The van der Waals surface area contributed by atoms with Gasteiger partial charge < -0.3 is 0 Å². The van der Waals surface area contributed by atoms with E-state index >= 15 is 0 Å². The molecule has 0 radical (unpaired) electrons. The van der Waals surface area contributed by atoms with E-state index in [1.54, 1.807) is 29.7 Å². The summed E-state index contributed by atoms with van der Waals surface area (Å²) in [5.41, 5.74) is 1.87. The summed E-state index contributed by atoms with van der Waals surface area (Å²) in [6.07, 6.45) is 3.78. The van der Waals surface area contributed by atoms with Gasteiger partial charge in [-0.05, 0) is 18.4 Å². The molecule has 0 fully saturated rings. The zero-order chi connectivity index (χ0) is 9.80. The highest BCUT2D eigenvalue weighted by molar-refractivity contribution is 8.38. The number of aromatic nitrogens is 1. The van der Waals surface area contributed by atoms with Crippen molar-refractivity contribution >= 4 is 33.6 Å². The third kappa shape index (κ3) is 2.16. The molecule has 72 valence electrons. The lowest BCUT2D eigenvalue weighted by atomic mass is 10.3. The fraction of sp³-hybridized carbons (Fsp3) is 0.222. The number of thioether (sulfide) groups is 2. The zero-order valence-electron chi connectivity index (χ0n) is 7.67. The monoisotopic (exact) mass is 223 g/mol. The highest BCUT2D eigenvalue weighted by atomic mass is 32.2. The smallest absolute Gasteiger partial charge is 0.152 e. The van der Waals surface area contributed by atoms with Crippen LogP contribution in [0, 0.1) is 0 Å². The van der Waals surface area contributed by atoms with E-state index in [2.05, 4.69) is 15.2 Å². The first-order valence-electron chi connectivity index (χ1n) is 4.13. The topological polar surface area (TPSA) is 37.6 Å². The molecule has 0 unspecified atom stereocenters. The largest absolute Gasteiger partial charge is 0.255 e. The molecule has 0 aromatic carbocycles. The second-order valence-electron chi connectivity index (χ2n) is 2.62. The Bertz CT molecular complexity index is 373. The van der Waals surface area contributed by atoms with Crippen LogP contribution in [0.5, 0.6) is 0 Å². The molecule has 1 aliphatic rings. The van der Waals surface area contributed by atoms with Crippen molar-refractivity contribution in [2.45, 2.75) is 0 Å². The van der Waals surface area contributed by atoms with Gasteiger partial charge in [0.15, 0.2) is 4.38 Å². The highest BCUT2D eigenvalue weighted by Crippen LogP contribution is 2.20. The summed E-state index contributed by atoms with van der Waals surface area (Å²) in [5.74, 6) is 0.858. The molecule has 3 nitrogen and oxygen atoms in total. The number of pyridine rings is 1. The van der Waals surface area contributed by atoms with Crippen molar-refractivity contribution in [2.75, 3.05) is 12.0 Å². The van der Waals surface area contributed by atoms with Crippen LogP contribution in [0.25, 0.3) is 0 Å². The van der Waals surface area contributed by atoms with E-state index < -0.39 is 0 Å². The molecular weight excluding hydrogens is 214 g/mol. The number of nitrogens with zero attached hydrogens (tertiary/aromatic N) is 3. The van der Waals surface area contributed by atoms with E-state index in [1.807, 2.05) is 24.5 Å². The minimum absolute atomic E-state index is 0.858. The second kappa shape index (κ2) is 4.61. The molecule has 0 amide bonds. The lowest BCUT2D eigenvalue weighted by Gasteiger charge is -2.08. The Morgan fingerprint density at radius 2 is 2.29 bits per heavy atom. The first-order valence-corrected chi connectivity index (χ1v) is 6.34. The molecule has 2 rings (SSSR count). The van der Waals surface area contributed by atoms with Crippen LogP contribution in [0.2, 0.25) is 0 Å². The van der Waals surface area contributed by atoms with Crippen LogP contribution in [0.1, 0.15) is 5.69 Å².